The summed E-state index contributed by atoms with van der Waals surface area (Å²) in [5.74, 6) is 0. The summed E-state index contributed by atoms with van der Waals surface area (Å²) in [5.41, 5.74) is 5.10. The molecule has 0 spiro atoms. The molecule has 2 N–H and O–H groups in total. The van der Waals surface area contributed by atoms with Crippen molar-refractivity contribution in [2.45, 2.75) is 30.4 Å². The molecule has 0 radical (unpaired) electrons. The standard InChI is InChI=1S/C19H22N2O2.C16H17NO.C6H12N2O2.ClH/c1-20(2)19(22)23-17-13-21(14-17)18(15-9-5-3-6-10-15)16-11-7-4-8-12-16;18-15-11-17(12-15)16(13-7-3-1-4-8-13)14-9-5-2-6-10-14;1-8(2)6(9)10-5-3-7-4-5;/h3-12,17-18H,13-14H2,1-2H3;1-10,15-16,18H,11-12H2;5,7H,3-4H2,1-2H3;1H. The molecule has 52 heavy (non-hydrogen) atoms. The average molecular weight is 730 g/mol. The summed E-state index contributed by atoms with van der Waals surface area (Å²) in [6.07, 6.45) is -0.633. The molecule has 0 saturated carbocycles. The fourth-order valence-corrected chi connectivity index (χ4v) is 6.06. The normalized spacial score (nSPS) is 16.0. The molecule has 3 aliphatic heterocycles. The fraction of sp³-hybridized carbons (Fsp3) is 0.366. The zero-order chi connectivity index (χ0) is 36.2. The molecule has 0 aromatic heterocycles. The van der Waals surface area contributed by atoms with Crippen LogP contribution in [0.1, 0.15) is 34.3 Å². The quantitative estimate of drug-likeness (QED) is 0.239. The molecule has 3 heterocycles. The van der Waals surface area contributed by atoms with Gasteiger partial charge < -0.3 is 29.7 Å². The van der Waals surface area contributed by atoms with Crippen LogP contribution >= 0.6 is 12.4 Å². The number of carbonyl (C=O) groups excluding carboxylic acids is 2. The highest BCUT2D eigenvalue weighted by Gasteiger charge is 2.36. The topological polar surface area (TPSA) is 97.8 Å². The van der Waals surface area contributed by atoms with Gasteiger partial charge in [0.15, 0.2) is 0 Å². The molecular weight excluding hydrogens is 678 g/mol. The monoisotopic (exact) mass is 729 g/mol. The van der Waals surface area contributed by atoms with Gasteiger partial charge in [-0.25, -0.2) is 9.59 Å². The molecule has 4 aromatic carbocycles. The van der Waals surface area contributed by atoms with Crippen molar-refractivity contribution in [3.8, 4) is 0 Å². The minimum absolute atomic E-state index is 0. The number of aliphatic hydroxyl groups is 1. The molecule has 4 aromatic rings. The van der Waals surface area contributed by atoms with Crippen LogP contribution in [0.4, 0.5) is 9.59 Å². The Balaban J connectivity index is 0.000000186. The van der Waals surface area contributed by atoms with Crippen LogP contribution < -0.4 is 5.32 Å². The number of hydrogen-bond donors (Lipinski definition) is 2. The third-order valence-corrected chi connectivity index (χ3v) is 8.97. The van der Waals surface area contributed by atoms with E-state index in [-0.39, 0.29) is 55.0 Å². The van der Waals surface area contributed by atoms with Crippen molar-refractivity contribution < 1.29 is 24.2 Å². The fourth-order valence-electron chi connectivity index (χ4n) is 6.06. The second-order valence-corrected chi connectivity index (χ2v) is 13.5. The van der Waals surface area contributed by atoms with E-state index in [9.17, 15) is 14.7 Å². The Labute approximate surface area is 314 Å². The molecule has 3 fully saturated rings. The van der Waals surface area contributed by atoms with Gasteiger partial charge in [-0.05, 0) is 22.3 Å². The van der Waals surface area contributed by atoms with Crippen LogP contribution in [0.15, 0.2) is 121 Å². The summed E-state index contributed by atoms with van der Waals surface area (Å²) in [6, 6.07) is 42.4. The van der Waals surface area contributed by atoms with Gasteiger partial charge in [0, 0.05) is 67.5 Å². The number of rotatable bonds is 8. The maximum atomic E-state index is 11.6. The number of nitrogens with one attached hydrogen (secondary N) is 1. The lowest BCUT2D eigenvalue weighted by Crippen LogP contribution is -2.55. The Kier molecular flexibility index (Phi) is 15.5. The van der Waals surface area contributed by atoms with Gasteiger partial charge in [-0.3, -0.25) is 9.80 Å². The largest absolute Gasteiger partial charge is 0.443 e. The molecule has 7 rings (SSSR count). The molecule has 11 heteroatoms. The number of β-amino-alcohol motifs (C(OH)–C–C–N with tert-alkyl or cyclic N) is 1. The van der Waals surface area contributed by atoms with Crippen LogP contribution in [-0.2, 0) is 9.47 Å². The van der Waals surface area contributed by atoms with Crippen molar-refractivity contribution >= 4 is 24.6 Å². The summed E-state index contributed by atoms with van der Waals surface area (Å²) >= 11 is 0. The summed E-state index contributed by atoms with van der Waals surface area (Å²) in [6.45, 7) is 4.62. The summed E-state index contributed by atoms with van der Waals surface area (Å²) in [4.78, 5) is 30.0. The summed E-state index contributed by atoms with van der Waals surface area (Å²) < 4.78 is 10.4. The zero-order valence-corrected chi connectivity index (χ0v) is 31.3. The third-order valence-electron chi connectivity index (χ3n) is 8.97. The van der Waals surface area contributed by atoms with Gasteiger partial charge in [-0.2, -0.15) is 0 Å². The number of benzene rings is 4. The number of hydrogen-bond acceptors (Lipinski definition) is 8. The molecule has 0 bridgehead atoms. The van der Waals surface area contributed by atoms with Crippen molar-refractivity contribution in [2.75, 3.05) is 67.5 Å². The van der Waals surface area contributed by atoms with Gasteiger partial charge in [0.25, 0.3) is 0 Å². The lowest BCUT2D eigenvalue weighted by molar-refractivity contribution is -0.0359. The Bertz CT molecular complexity index is 1540. The van der Waals surface area contributed by atoms with Crippen molar-refractivity contribution in [2.24, 2.45) is 0 Å². The van der Waals surface area contributed by atoms with Crippen molar-refractivity contribution in [3.05, 3.63) is 144 Å². The van der Waals surface area contributed by atoms with E-state index in [0.29, 0.717) is 0 Å². The minimum Gasteiger partial charge on any atom is -0.443 e. The first-order valence-corrected chi connectivity index (χ1v) is 17.5. The van der Waals surface area contributed by atoms with E-state index in [1.165, 1.54) is 32.1 Å². The second kappa shape index (κ2) is 20.0. The molecule has 0 atom stereocenters. The number of ether oxygens (including phenoxy) is 2. The third kappa shape index (κ3) is 11.3. The maximum absolute atomic E-state index is 11.6. The molecule has 3 saturated heterocycles. The van der Waals surface area contributed by atoms with Gasteiger partial charge in [0.05, 0.1) is 18.2 Å². The average Bonchev–Trinajstić information content (AvgIpc) is 3.10. The highest BCUT2D eigenvalue weighted by molar-refractivity contribution is 5.85. The number of halogens is 1. The maximum Gasteiger partial charge on any atom is 0.409 e. The number of amides is 2. The number of carbonyl (C=O) groups is 2. The Morgan fingerprint density at radius 1 is 0.577 bits per heavy atom. The van der Waals surface area contributed by atoms with E-state index in [1.54, 1.807) is 28.2 Å². The van der Waals surface area contributed by atoms with Gasteiger partial charge in [0.1, 0.15) is 12.2 Å². The van der Waals surface area contributed by atoms with E-state index in [0.717, 1.165) is 39.3 Å². The first-order valence-electron chi connectivity index (χ1n) is 17.5. The molecular formula is C41H52ClN5O5. The molecule has 3 aliphatic rings. The number of aliphatic hydroxyl groups excluding tert-OH is 1. The van der Waals surface area contributed by atoms with E-state index in [4.69, 9.17) is 9.47 Å². The SMILES string of the molecule is CN(C)C(=O)OC1CN(C(c2ccccc2)c2ccccc2)C1.CN(C)C(=O)OC1CNC1.Cl.OC1CN(C(c2ccccc2)c2ccccc2)C1. The van der Waals surface area contributed by atoms with E-state index >= 15 is 0 Å². The van der Waals surface area contributed by atoms with Crippen molar-refractivity contribution in [3.63, 3.8) is 0 Å². The Hall–Kier alpha value is -4.45. The van der Waals surface area contributed by atoms with Gasteiger partial charge >= 0.3 is 12.2 Å². The van der Waals surface area contributed by atoms with Gasteiger partial charge in [-0.1, -0.05) is 121 Å². The van der Waals surface area contributed by atoms with Gasteiger partial charge in [0.2, 0.25) is 0 Å². The van der Waals surface area contributed by atoms with Crippen molar-refractivity contribution in [1.82, 2.24) is 24.9 Å². The Morgan fingerprint density at radius 3 is 1.15 bits per heavy atom. The summed E-state index contributed by atoms with van der Waals surface area (Å²) in [7, 11) is 6.76. The number of nitrogens with zero attached hydrogens (tertiary/aromatic N) is 4. The van der Waals surface area contributed by atoms with E-state index in [1.807, 2.05) is 24.3 Å². The lowest BCUT2D eigenvalue weighted by Gasteiger charge is -2.44. The molecule has 0 unspecified atom stereocenters. The smallest absolute Gasteiger partial charge is 0.409 e. The molecule has 0 aliphatic carbocycles. The second-order valence-electron chi connectivity index (χ2n) is 13.5. The Morgan fingerprint density at radius 2 is 0.885 bits per heavy atom. The van der Waals surface area contributed by atoms with Crippen LogP contribution in [0.25, 0.3) is 0 Å². The lowest BCUT2D eigenvalue weighted by atomic mass is 9.94. The van der Waals surface area contributed by atoms with Crippen LogP contribution in [-0.4, -0.2) is 123 Å². The van der Waals surface area contributed by atoms with E-state index < -0.39 is 0 Å². The number of likely N-dealkylation sites (tertiary alicyclic amines) is 2. The minimum atomic E-state index is -0.273. The van der Waals surface area contributed by atoms with Crippen LogP contribution in [0, 0.1) is 0 Å². The zero-order valence-electron chi connectivity index (χ0n) is 30.5. The summed E-state index contributed by atoms with van der Waals surface area (Å²) in [5, 5.41) is 12.5. The highest BCUT2D eigenvalue weighted by atomic mass is 35.5. The van der Waals surface area contributed by atoms with Gasteiger partial charge in [-0.15, -0.1) is 12.4 Å². The highest BCUT2D eigenvalue weighted by Crippen LogP contribution is 2.34. The van der Waals surface area contributed by atoms with Crippen LogP contribution in [0.3, 0.4) is 0 Å². The molecule has 278 valence electrons. The molecule has 2 amide bonds. The first kappa shape index (κ1) is 40.3. The molecule has 10 nitrogen and oxygen atoms in total. The predicted molar refractivity (Wildman–Crippen MR) is 207 cm³/mol. The first-order chi connectivity index (χ1) is 24.7. The van der Waals surface area contributed by atoms with Crippen LogP contribution in [0.5, 0.6) is 0 Å². The van der Waals surface area contributed by atoms with Crippen LogP contribution in [0.2, 0.25) is 0 Å². The van der Waals surface area contributed by atoms with E-state index in [2.05, 4.69) is 112 Å². The predicted octanol–water partition coefficient (Wildman–Crippen LogP) is 5.69. The van der Waals surface area contributed by atoms with Crippen molar-refractivity contribution in [1.29, 1.82) is 0 Å².